The molecule has 1 aliphatic rings. The molecule has 4 amide bonds. The molecule has 0 aliphatic carbocycles. The largest absolute Gasteiger partial charge is 0.352 e. The zero-order valence-electron chi connectivity index (χ0n) is 18.4. The molecule has 2 atom stereocenters. The maximum atomic E-state index is 12.8. The summed E-state index contributed by atoms with van der Waals surface area (Å²) in [6, 6.07) is 3.08. The van der Waals surface area contributed by atoms with E-state index in [2.05, 4.69) is 16.0 Å². The number of aryl methyl sites for hydroxylation is 1. The summed E-state index contributed by atoms with van der Waals surface area (Å²) in [7, 11) is -4.15. The lowest BCUT2D eigenvalue weighted by Crippen LogP contribution is -2.42. The quantitative estimate of drug-likeness (QED) is 0.427. The number of urea groups is 1. The number of carbonyl (C=O) groups excluding carboxylic acids is 3. The molecule has 0 saturated heterocycles. The number of carbonyl (C=O) groups is 3. The second-order valence-corrected chi connectivity index (χ2v) is 9.69. The van der Waals surface area contributed by atoms with Crippen LogP contribution in [0.2, 0.25) is 0 Å². The van der Waals surface area contributed by atoms with E-state index in [0.717, 1.165) is 5.57 Å². The van der Waals surface area contributed by atoms with Gasteiger partial charge in [0, 0.05) is 12.2 Å². The van der Waals surface area contributed by atoms with Gasteiger partial charge in [-0.2, -0.15) is 0 Å². The van der Waals surface area contributed by atoms with Crippen molar-refractivity contribution in [1.82, 2.24) is 20.7 Å². The van der Waals surface area contributed by atoms with Crippen LogP contribution in [-0.4, -0.2) is 32.8 Å². The Morgan fingerprint density at radius 1 is 1.26 bits per heavy atom. The Morgan fingerprint density at radius 3 is 2.45 bits per heavy atom. The van der Waals surface area contributed by atoms with Crippen LogP contribution in [0.4, 0.5) is 4.79 Å². The Bertz CT molecular complexity index is 1000. The average molecular weight is 451 g/mol. The number of amides is 4. The van der Waals surface area contributed by atoms with E-state index in [1.54, 1.807) is 39.1 Å². The lowest BCUT2D eigenvalue weighted by Gasteiger charge is -2.31. The molecule has 0 spiro atoms. The molecule has 0 radical (unpaired) electrons. The molecule has 0 aromatic heterocycles. The van der Waals surface area contributed by atoms with Gasteiger partial charge in [-0.05, 0) is 63.3 Å². The summed E-state index contributed by atoms with van der Waals surface area (Å²) in [5, 5.41) is 7.91. The molecule has 170 valence electrons. The molecule has 9 nitrogen and oxygen atoms in total. The minimum atomic E-state index is -4.15. The highest BCUT2D eigenvalue weighted by atomic mass is 32.2. The normalized spacial score (nSPS) is 19.4. The van der Waals surface area contributed by atoms with Crippen LogP contribution in [0.15, 0.2) is 34.9 Å². The van der Waals surface area contributed by atoms with Gasteiger partial charge in [0.2, 0.25) is 12.3 Å². The van der Waals surface area contributed by atoms with Crippen LogP contribution < -0.4 is 20.7 Å². The summed E-state index contributed by atoms with van der Waals surface area (Å²) in [5.41, 5.74) is 1.01. The first-order chi connectivity index (χ1) is 14.5. The average Bonchev–Trinajstić information content (AvgIpc) is 2.95. The van der Waals surface area contributed by atoms with E-state index in [0.29, 0.717) is 24.0 Å². The van der Waals surface area contributed by atoms with Crippen molar-refractivity contribution in [2.75, 3.05) is 0 Å². The van der Waals surface area contributed by atoms with Crippen LogP contribution in [-0.2, 0) is 19.6 Å². The highest BCUT2D eigenvalue weighted by molar-refractivity contribution is 7.90. The van der Waals surface area contributed by atoms with Crippen molar-refractivity contribution >= 4 is 28.4 Å². The van der Waals surface area contributed by atoms with Crippen LogP contribution >= 0.6 is 0 Å². The Kier molecular flexibility index (Phi) is 7.48. The first-order valence-electron chi connectivity index (χ1n) is 10.1. The molecule has 1 aromatic rings. The zero-order valence-corrected chi connectivity index (χ0v) is 19.2. The maximum absolute atomic E-state index is 12.8. The summed E-state index contributed by atoms with van der Waals surface area (Å²) < 4.78 is 27.6. The highest BCUT2D eigenvalue weighted by Gasteiger charge is 2.43. The zero-order chi connectivity index (χ0) is 23.4. The third-order valence-corrected chi connectivity index (χ3v) is 7.06. The molecule has 2 rings (SSSR count). The SMILES string of the molecule is CCC1(CC(NC=O)c2ccc(C)c(S(=O)(=O)NC(=O)NC(C)C)c2)C(=O)NC=C1C. The van der Waals surface area contributed by atoms with E-state index in [4.69, 9.17) is 0 Å². The van der Waals surface area contributed by atoms with Gasteiger partial charge in [0.1, 0.15) is 0 Å². The van der Waals surface area contributed by atoms with Crippen molar-refractivity contribution in [3.63, 3.8) is 0 Å². The highest BCUT2D eigenvalue weighted by Crippen LogP contribution is 2.42. The Balaban J connectivity index is 2.42. The standard InChI is InChI=1S/C21H30N4O5S/c1-6-21(15(5)11-22-19(21)27)10-17(23-12-26)16-8-7-14(4)18(9-16)31(29,30)25-20(28)24-13(2)3/h7-9,11-13,17H,6,10H2,1-5H3,(H,22,27)(H,23,26)(H2,24,25,28). The van der Waals surface area contributed by atoms with Crippen molar-refractivity contribution in [2.24, 2.45) is 5.41 Å². The van der Waals surface area contributed by atoms with E-state index in [1.807, 2.05) is 18.6 Å². The van der Waals surface area contributed by atoms with E-state index < -0.39 is 27.5 Å². The molecule has 10 heteroatoms. The van der Waals surface area contributed by atoms with Gasteiger partial charge in [0.15, 0.2) is 0 Å². The maximum Gasteiger partial charge on any atom is 0.328 e. The predicted octanol–water partition coefficient (Wildman–Crippen LogP) is 2.00. The van der Waals surface area contributed by atoms with Gasteiger partial charge < -0.3 is 16.0 Å². The lowest BCUT2D eigenvalue weighted by atomic mass is 9.73. The second-order valence-electron chi connectivity index (χ2n) is 8.04. The van der Waals surface area contributed by atoms with Gasteiger partial charge in [0.05, 0.1) is 16.4 Å². The van der Waals surface area contributed by atoms with Crippen LogP contribution in [0.25, 0.3) is 0 Å². The van der Waals surface area contributed by atoms with Crippen molar-refractivity contribution in [3.8, 4) is 0 Å². The summed E-state index contributed by atoms with van der Waals surface area (Å²) in [6.45, 7) is 8.79. The molecule has 0 saturated carbocycles. The molecule has 1 aliphatic heterocycles. The van der Waals surface area contributed by atoms with Gasteiger partial charge in [-0.3, -0.25) is 9.59 Å². The number of hydrogen-bond donors (Lipinski definition) is 4. The van der Waals surface area contributed by atoms with Crippen molar-refractivity contribution in [2.45, 2.75) is 64.4 Å². The number of benzene rings is 1. The molecule has 31 heavy (non-hydrogen) atoms. The smallest absolute Gasteiger partial charge is 0.328 e. The molecule has 4 N–H and O–H groups in total. The Labute approximate surface area is 183 Å². The van der Waals surface area contributed by atoms with Crippen molar-refractivity contribution in [3.05, 3.63) is 41.1 Å². The molecule has 0 fully saturated rings. The number of nitrogens with one attached hydrogen (secondary N) is 4. The van der Waals surface area contributed by atoms with Gasteiger partial charge in [0.25, 0.3) is 10.0 Å². The van der Waals surface area contributed by atoms with E-state index in [1.165, 1.54) is 6.07 Å². The van der Waals surface area contributed by atoms with E-state index in [-0.39, 0.29) is 23.3 Å². The molecular formula is C21H30N4O5S. The number of hydrogen-bond acceptors (Lipinski definition) is 5. The van der Waals surface area contributed by atoms with Gasteiger partial charge >= 0.3 is 6.03 Å². The molecule has 2 unspecified atom stereocenters. The third-order valence-electron chi connectivity index (χ3n) is 5.59. The minimum absolute atomic E-state index is 0.0738. The summed E-state index contributed by atoms with van der Waals surface area (Å²) in [5.74, 6) is -0.155. The van der Waals surface area contributed by atoms with Crippen LogP contribution in [0, 0.1) is 12.3 Å². The van der Waals surface area contributed by atoms with Crippen LogP contribution in [0.5, 0.6) is 0 Å². The van der Waals surface area contributed by atoms with Gasteiger partial charge in [-0.1, -0.05) is 19.1 Å². The fourth-order valence-corrected chi connectivity index (χ4v) is 4.96. The minimum Gasteiger partial charge on any atom is -0.352 e. The first-order valence-corrected chi connectivity index (χ1v) is 11.6. The summed E-state index contributed by atoms with van der Waals surface area (Å²) in [6.07, 6.45) is 2.97. The topological polar surface area (TPSA) is 133 Å². The molecular weight excluding hydrogens is 420 g/mol. The van der Waals surface area contributed by atoms with E-state index >= 15 is 0 Å². The van der Waals surface area contributed by atoms with E-state index in [9.17, 15) is 22.8 Å². The van der Waals surface area contributed by atoms with Crippen molar-refractivity contribution < 1.29 is 22.8 Å². The first kappa shape index (κ1) is 24.4. The summed E-state index contributed by atoms with van der Waals surface area (Å²) in [4.78, 5) is 35.7. The van der Waals surface area contributed by atoms with Gasteiger partial charge in [-0.25, -0.2) is 17.9 Å². The molecule has 1 aromatic carbocycles. The number of rotatable bonds is 9. The van der Waals surface area contributed by atoms with Crippen molar-refractivity contribution in [1.29, 1.82) is 0 Å². The molecule has 1 heterocycles. The monoisotopic (exact) mass is 450 g/mol. The summed E-state index contributed by atoms with van der Waals surface area (Å²) >= 11 is 0. The Morgan fingerprint density at radius 2 is 1.94 bits per heavy atom. The third kappa shape index (κ3) is 5.25. The second kappa shape index (κ2) is 9.51. The van der Waals surface area contributed by atoms with Crippen LogP contribution in [0.1, 0.15) is 57.7 Å². The fraction of sp³-hybridized carbons (Fsp3) is 0.476. The molecule has 0 bridgehead atoms. The lowest BCUT2D eigenvalue weighted by molar-refractivity contribution is -0.128. The van der Waals surface area contributed by atoms with Gasteiger partial charge in [-0.15, -0.1) is 0 Å². The predicted molar refractivity (Wildman–Crippen MR) is 116 cm³/mol. The fourth-order valence-electron chi connectivity index (χ4n) is 3.76. The van der Waals surface area contributed by atoms with Crippen LogP contribution in [0.3, 0.4) is 0 Å². The number of sulfonamides is 1. The Hall–Kier alpha value is -2.88.